The van der Waals surface area contributed by atoms with Gasteiger partial charge in [-0.1, -0.05) is 13.0 Å². The number of pyridine rings is 1. The van der Waals surface area contributed by atoms with Crippen LogP contribution in [-0.2, 0) is 13.0 Å². The van der Waals surface area contributed by atoms with Crippen molar-refractivity contribution in [2.45, 2.75) is 26.8 Å². The molecule has 1 aromatic carbocycles. The van der Waals surface area contributed by atoms with Crippen molar-refractivity contribution in [3.63, 3.8) is 0 Å². The Labute approximate surface area is 170 Å². The van der Waals surface area contributed by atoms with E-state index in [1.807, 2.05) is 32.3 Å². The molecular formula is C22H28N6O. The van der Waals surface area contributed by atoms with E-state index in [1.54, 1.807) is 0 Å². The molecule has 1 fully saturated rings. The van der Waals surface area contributed by atoms with Crippen molar-refractivity contribution in [3.8, 4) is 0 Å². The number of hydrogen-bond acceptors (Lipinski definition) is 6. The van der Waals surface area contributed by atoms with E-state index in [4.69, 9.17) is 0 Å². The fourth-order valence-electron chi connectivity index (χ4n) is 3.91. The van der Waals surface area contributed by atoms with Crippen molar-refractivity contribution < 1.29 is 0 Å². The highest BCUT2D eigenvalue weighted by atomic mass is 16.1. The summed E-state index contributed by atoms with van der Waals surface area (Å²) in [6, 6.07) is 8.31. The van der Waals surface area contributed by atoms with Crippen LogP contribution in [0.3, 0.4) is 0 Å². The Morgan fingerprint density at radius 3 is 2.59 bits per heavy atom. The van der Waals surface area contributed by atoms with Gasteiger partial charge in [-0.3, -0.25) is 9.69 Å². The maximum Gasteiger partial charge on any atom is 0.270 e. The largest absolute Gasteiger partial charge is 0.373 e. The zero-order chi connectivity index (χ0) is 20.4. The number of aryl methyl sites for hydroxylation is 2. The van der Waals surface area contributed by atoms with E-state index >= 15 is 0 Å². The summed E-state index contributed by atoms with van der Waals surface area (Å²) in [6.07, 6.45) is 2.58. The quantitative estimate of drug-likeness (QED) is 0.695. The molecule has 2 aromatic heterocycles. The maximum absolute atomic E-state index is 12.2. The average Bonchev–Trinajstić information content (AvgIpc) is 2.76. The van der Waals surface area contributed by atoms with E-state index in [0.717, 1.165) is 55.1 Å². The highest BCUT2D eigenvalue weighted by molar-refractivity contribution is 5.79. The van der Waals surface area contributed by atoms with E-state index in [9.17, 15) is 4.79 Å². The molecule has 0 unspecified atom stereocenters. The molecule has 1 saturated heterocycles. The normalized spacial score (nSPS) is 15.1. The Kier molecular flexibility index (Phi) is 5.49. The second kappa shape index (κ2) is 8.21. The highest BCUT2D eigenvalue weighted by Gasteiger charge is 2.19. The van der Waals surface area contributed by atoms with Crippen molar-refractivity contribution in [2.75, 3.05) is 43.4 Å². The smallest absolute Gasteiger partial charge is 0.270 e. The first-order valence-corrected chi connectivity index (χ1v) is 10.2. The number of anilines is 2. The number of fused-ring (bicyclic) bond motifs is 1. The number of nitrogens with one attached hydrogen (secondary N) is 2. The molecule has 0 atom stereocenters. The number of nitrogens with zero attached hydrogens (tertiary/aromatic N) is 4. The molecule has 1 aliphatic heterocycles. The summed E-state index contributed by atoms with van der Waals surface area (Å²) in [5.74, 6) is 0.887. The van der Waals surface area contributed by atoms with E-state index < -0.39 is 0 Å². The average molecular weight is 393 g/mol. The molecule has 0 radical (unpaired) electrons. The summed E-state index contributed by atoms with van der Waals surface area (Å²) < 4.78 is 0. The van der Waals surface area contributed by atoms with Crippen molar-refractivity contribution >= 4 is 22.5 Å². The predicted molar refractivity (Wildman–Crippen MR) is 118 cm³/mol. The highest BCUT2D eigenvalue weighted by Crippen LogP contribution is 2.22. The number of aromatic amines is 1. The van der Waals surface area contributed by atoms with Crippen molar-refractivity contribution in [2.24, 2.45) is 0 Å². The van der Waals surface area contributed by atoms with Crippen LogP contribution in [0.25, 0.3) is 11.0 Å². The summed E-state index contributed by atoms with van der Waals surface area (Å²) in [4.78, 5) is 29.0. The first kappa shape index (κ1) is 19.4. The molecule has 29 heavy (non-hydrogen) atoms. The molecule has 152 valence electrons. The topological polar surface area (TPSA) is 77.2 Å². The van der Waals surface area contributed by atoms with Crippen molar-refractivity contribution in [3.05, 3.63) is 57.6 Å². The zero-order valence-corrected chi connectivity index (χ0v) is 17.3. The third kappa shape index (κ3) is 3.96. The molecule has 0 aliphatic carbocycles. The molecule has 4 rings (SSSR count). The molecular weight excluding hydrogens is 364 g/mol. The standard InChI is InChI=1S/C22H28N6O/c1-4-18-22(29)26-21-15(2)16(5-7-19(21)25-18)14-27-9-11-28(12-10-27)17-6-8-20(23-3)24-13-17/h5-8,13H,4,9-12,14H2,1-3H3,(H,23,24)(H,26,29). The Morgan fingerprint density at radius 1 is 1.14 bits per heavy atom. The SMILES string of the molecule is CCc1nc2ccc(CN3CCN(c4ccc(NC)nc4)CC3)c(C)c2[nH]c1=O. The van der Waals surface area contributed by atoms with Gasteiger partial charge in [-0.15, -0.1) is 0 Å². The van der Waals surface area contributed by atoms with Crippen LogP contribution in [-0.4, -0.2) is 53.1 Å². The number of aromatic nitrogens is 3. The second-order valence-corrected chi connectivity index (χ2v) is 7.52. The Bertz CT molecular complexity index is 1050. The van der Waals surface area contributed by atoms with Crippen LogP contribution >= 0.6 is 0 Å². The molecule has 7 nitrogen and oxygen atoms in total. The first-order chi connectivity index (χ1) is 14.1. The molecule has 0 spiro atoms. The van der Waals surface area contributed by atoms with Gasteiger partial charge >= 0.3 is 0 Å². The van der Waals surface area contributed by atoms with E-state index in [1.165, 1.54) is 11.3 Å². The van der Waals surface area contributed by atoms with E-state index in [-0.39, 0.29) is 5.56 Å². The first-order valence-electron chi connectivity index (χ1n) is 10.2. The Morgan fingerprint density at radius 2 is 1.93 bits per heavy atom. The summed E-state index contributed by atoms with van der Waals surface area (Å²) in [7, 11) is 1.88. The van der Waals surface area contributed by atoms with E-state index in [0.29, 0.717) is 12.1 Å². The Hall–Kier alpha value is -2.93. The minimum Gasteiger partial charge on any atom is -0.373 e. The summed E-state index contributed by atoms with van der Waals surface area (Å²) >= 11 is 0. The van der Waals surface area contributed by atoms with Gasteiger partial charge in [0.25, 0.3) is 5.56 Å². The van der Waals surface area contributed by atoms with Gasteiger partial charge in [0.1, 0.15) is 11.5 Å². The lowest BCUT2D eigenvalue weighted by molar-refractivity contribution is 0.249. The predicted octanol–water partition coefficient (Wildman–Crippen LogP) is 2.55. The monoisotopic (exact) mass is 392 g/mol. The fourth-order valence-corrected chi connectivity index (χ4v) is 3.91. The van der Waals surface area contributed by atoms with Gasteiger partial charge in [0.15, 0.2) is 0 Å². The molecule has 1 aliphatic rings. The third-order valence-electron chi connectivity index (χ3n) is 5.78. The van der Waals surface area contributed by atoms with Crippen LogP contribution in [0.5, 0.6) is 0 Å². The lowest BCUT2D eigenvalue weighted by atomic mass is 10.1. The van der Waals surface area contributed by atoms with Crippen molar-refractivity contribution in [1.29, 1.82) is 0 Å². The molecule has 0 bridgehead atoms. The maximum atomic E-state index is 12.2. The minimum atomic E-state index is -0.0771. The van der Waals surface area contributed by atoms with E-state index in [2.05, 4.69) is 49.1 Å². The van der Waals surface area contributed by atoms with Gasteiger partial charge in [-0.05, 0) is 42.7 Å². The van der Waals surface area contributed by atoms with Crippen molar-refractivity contribution in [1.82, 2.24) is 19.9 Å². The number of hydrogen-bond donors (Lipinski definition) is 2. The van der Waals surface area contributed by atoms with Gasteiger partial charge in [0, 0.05) is 39.8 Å². The molecule has 2 N–H and O–H groups in total. The zero-order valence-electron chi connectivity index (χ0n) is 17.3. The summed E-state index contributed by atoms with van der Waals surface area (Å²) in [6.45, 7) is 8.85. The summed E-state index contributed by atoms with van der Waals surface area (Å²) in [5, 5.41) is 3.05. The van der Waals surface area contributed by atoms with Crippen LogP contribution in [0.1, 0.15) is 23.7 Å². The van der Waals surface area contributed by atoms with Gasteiger partial charge in [0.2, 0.25) is 0 Å². The minimum absolute atomic E-state index is 0.0771. The number of rotatable bonds is 5. The number of piperazine rings is 1. The van der Waals surface area contributed by atoms with Gasteiger partial charge < -0.3 is 15.2 Å². The molecule has 3 heterocycles. The molecule has 7 heteroatoms. The lowest BCUT2D eigenvalue weighted by Gasteiger charge is -2.36. The van der Waals surface area contributed by atoms with Gasteiger partial charge in [-0.2, -0.15) is 0 Å². The lowest BCUT2D eigenvalue weighted by Crippen LogP contribution is -2.46. The fraction of sp³-hybridized carbons (Fsp3) is 0.409. The van der Waals surface area contributed by atoms with Gasteiger partial charge in [-0.25, -0.2) is 9.97 Å². The summed E-state index contributed by atoms with van der Waals surface area (Å²) in [5.41, 5.74) is 5.77. The second-order valence-electron chi connectivity index (χ2n) is 7.52. The Balaban J connectivity index is 1.45. The van der Waals surface area contributed by atoms with Crippen LogP contribution < -0.4 is 15.8 Å². The van der Waals surface area contributed by atoms with Crippen LogP contribution in [0.15, 0.2) is 35.3 Å². The molecule has 0 saturated carbocycles. The number of benzene rings is 1. The van der Waals surface area contributed by atoms with Gasteiger partial charge in [0.05, 0.1) is 22.9 Å². The van der Waals surface area contributed by atoms with Crippen LogP contribution in [0.4, 0.5) is 11.5 Å². The number of H-pyrrole nitrogens is 1. The third-order valence-corrected chi connectivity index (χ3v) is 5.78. The molecule has 0 amide bonds. The van der Waals surface area contributed by atoms with Crippen LogP contribution in [0, 0.1) is 6.92 Å². The van der Waals surface area contributed by atoms with Crippen LogP contribution in [0.2, 0.25) is 0 Å². The molecule has 3 aromatic rings.